The molecule has 9 heteroatoms. The molecule has 0 saturated carbocycles. The van der Waals surface area contributed by atoms with E-state index in [0.29, 0.717) is 25.2 Å². The molecule has 3 N–H and O–H groups in total. The Kier molecular flexibility index (Phi) is 7.62. The Labute approximate surface area is 156 Å². The zero-order valence-electron chi connectivity index (χ0n) is 13.1. The molecule has 0 radical (unpaired) electrons. The van der Waals surface area contributed by atoms with E-state index in [4.69, 9.17) is 5.73 Å². The van der Waals surface area contributed by atoms with E-state index < -0.39 is 0 Å². The minimum atomic E-state index is -0.187. The molecule has 0 saturated heterocycles. The van der Waals surface area contributed by atoms with Crippen molar-refractivity contribution in [3.63, 3.8) is 0 Å². The Morgan fingerprint density at radius 1 is 1.38 bits per heavy atom. The van der Waals surface area contributed by atoms with Crippen LogP contribution in [-0.4, -0.2) is 26.8 Å². The number of nitrogens with one attached hydrogen (secondary N) is 1. The van der Waals surface area contributed by atoms with Gasteiger partial charge in [-0.25, -0.2) is 9.97 Å². The Morgan fingerprint density at radius 3 is 2.88 bits per heavy atom. The summed E-state index contributed by atoms with van der Waals surface area (Å²) >= 11 is 1.46. The molecule has 0 unspecified atom stereocenters. The van der Waals surface area contributed by atoms with Gasteiger partial charge in [0.05, 0.1) is 17.2 Å². The van der Waals surface area contributed by atoms with Crippen molar-refractivity contribution in [2.75, 3.05) is 6.54 Å². The van der Waals surface area contributed by atoms with Gasteiger partial charge in [0.1, 0.15) is 11.3 Å². The molecule has 6 nitrogen and oxygen atoms in total. The van der Waals surface area contributed by atoms with Crippen molar-refractivity contribution in [2.45, 2.75) is 19.9 Å². The van der Waals surface area contributed by atoms with Gasteiger partial charge in [0.15, 0.2) is 0 Å². The zero-order chi connectivity index (χ0) is 15.5. The summed E-state index contributed by atoms with van der Waals surface area (Å²) in [6.45, 7) is 2.93. The van der Waals surface area contributed by atoms with Crippen LogP contribution in [0.15, 0.2) is 29.9 Å². The van der Waals surface area contributed by atoms with E-state index in [1.165, 1.54) is 11.3 Å². The second-order valence-electron chi connectivity index (χ2n) is 5.00. The number of nitrogens with zero attached hydrogens (tertiary/aromatic N) is 3. The number of nitrogens with two attached hydrogens (primary N) is 1. The molecule has 3 aromatic rings. The molecule has 130 valence electrons. The van der Waals surface area contributed by atoms with Gasteiger partial charge in [-0.2, -0.15) is 0 Å². The number of imidazole rings is 1. The fourth-order valence-electron chi connectivity index (χ4n) is 2.20. The van der Waals surface area contributed by atoms with Gasteiger partial charge in [0.25, 0.3) is 5.91 Å². The second-order valence-corrected chi connectivity index (χ2v) is 5.94. The van der Waals surface area contributed by atoms with Gasteiger partial charge in [-0.15, -0.1) is 36.2 Å². The number of carbonyl (C=O) groups is 1. The summed E-state index contributed by atoms with van der Waals surface area (Å²) in [6, 6.07) is 3.99. The van der Waals surface area contributed by atoms with E-state index in [1.54, 1.807) is 5.38 Å². The first kappa shape index (κ1) is 20.4. The Morgan fingerprint density at radius 2 is 2.17 bits per heavy atom. The third-order valence-corrected chi connectivity index (χ3v) is 4.21. The third kappa shape index (κ3) is 4.45. The molecule has 0 aliphatic rings. The van der Waals surface area contributed by atoms with Crippen molar-refractivity contribution < 1.29 is 4.79 Å². The van der Waals surface area contributed by atoms with E-state index >= 15 is 0 Å². The lowest BCUT2D eigenvalue weighted by atomic mass is 10.3. The highest BCUT2D eigenvalue weighted by Gasteiger charge is 2.11. The maximum Gasteiger partial charge on any atom is 0.271 e. The van der Waals surface area contributed by atoms with E-state index in [1.807, 2.05) is 35.9 Å². The van der Waals surface area contributed by atoms with Crippen molar-refractivity contribution in [2.24, 2.45) is 5.73 Å². The molecule has 0 aliphatic carbocycles. The summed E-state index contributed by atoms with van der Waals surface area (Å²) in [5.41, 5.74) is 8.75. The number of thiazole rings is 1. The van der Waals surface area contributed by atoms with Gasteiger partial charge in [0.2, 0.25) is 0 Å². The zero-order valence-corrected chi connectivity index (χ0v) is 15.5. The molecular formula is C15H19Cl2N5OS. The molecule has 0 spiro atoms. The summed E-state index contributed by atoms with van der Waals surface area (Å²) in [6.07, 6.45) is 4.56. The molecular weight excluding hydrogens is 369 g/mol. The average Bonchev–Trinajstić information content (AvgIpc) is 3.12. The quantitative estimate of drug-likeness (QED) is 0.703. The van der Waals surface area contributed by atoms with Crippen molar-refractivity contribution in [1.29, 1.82) is 0 Å². The van der Waals surface area contributed by atoms with Crippen LogP contribution in [-0.2, 0) is 13.0 Å². The number of aryl methyl sites for hydroxylation is 1. The van der Waals surface area contributed by atoms with Crippen molar-refractivity contribution >= 4 is 47.7 Å². The van der Waals surface area contributed by atoms with Gasteiger partial charge < -0.3 is 15.5 Å². The summed E-state index contributed by atoms with van der Waals surface area (Å²) in [5.74, 6) is -0.187. The van der Waals surface area contributed by atoms with Crippen molar-refractivity contribution in [1.82, 2.24) is 19.7 Å². The number of rotatable bonds is 5. The van der Waals surface area contributed by atoms with Crippen LogP contribution in [0.5, 0.6) is 0 Å². The van der Waals surface area contributed by atoms with Crippen LogP contribution in [0.3, 0.4) is 0 Å². The number of carbonyl (C=O) groups excluding carboxylic acids is 1. The fourth-order valence-corrected chi connectivity index (χ4v) is 3.00. The van der Waals surface area contributed by atoms with Gasteiger partial charge >= 0.3 is 0 Å². The topological polar surface area (TPSA) is 85.3 Å². The molecule has 0 bridgehead atoms. The van der Waals surface area contributed by atoms with Crippen molar-refractivity contribution in [3.05, 3.63) is 51.9 Å². The van der Waals surface area contributed by atoms with E-state index in [2.05, 4.69) is 15.3 Å². The van der Waals surface area contributed by atoms with Crippen LogP contribution in [0, 0.1) is 6.92 Å². The van der Waals surface area contributed by atoms with E-state index in [-0.39, 0.29) is 30.7 Å². The average molecular weight is 388 g/mol. The number of fused-ring (bicyclic) bond motifs is 1. The highest BCUT2D eigenvalue weighted by molar-refractivity contribution is 7.09. The Balaban J connectivity index is 0.00000144. The minimum absolute atomic E-state index is 0. The first-order chi connectivity index (χ1) is 10.7. The number of halogens is 2. The first-order valence-corrected chi connectivity index (χ1v) is 7.91. The second kappa shape index (κ2) is 8.98. The Bertz CT molecular complexity index is 817. The number of hydrogen-bond acceptors (Lipinski definition) is 5. The van der Waals surface area contributed by atoms with Crippen molar-refractivity contribution in [3.8, 4) is 0 Å². The largest absolute Gasteiger partial charge is 0.345 e. The highest BCUT2D eigenvalue weighted by atomic mass is 35.5. The standard InChI is InChI=1S/C15H17N5OS.2ClH/c1-10-3-2-6-20-8-11(18-14(10)20)7-17-15(21)12-9-22-13(19-12)4-5-16;;/h2-3,6,8-9H,4-5,7,16H2,1H3,(H,17,21);2*1H. The Hall–Kier alpha value is -1.67. The smallest absolute Gasteiger partial charge is 0.271 e. The number of aromatic nitrogens is 3. The molecule has 0 aliphatic heterocycles. The molecule has 0 atom stereocenters. The summed E-state index contributed by atoms with van der Waals surface area (Å²) < 4.78 is 1.96. The van der Waals surface area contributed by atoms with Crippen LogP contribution < -0.4 is 11.1 Å². The summed E-state index contributed by atoms with van der Waals surface area (Å²) in [7, 11) is 0. The molecule has 0 fully saturated rings. The lowest BCUT2D eigenvalue weighted by Crippen LogP contribution is -2.23. The van der Waals surface area contributed by atoms with Gasteiger partial charge in [-0.1, -0.05) is 6.07 Å². The maximum atomic E-state index is 12.1. The number of hydrogen-bond donors (Lipinski definition) is 2. The molecule has 0 aromatic carbocycles. The van der Waals surface area contributed by atoms with E-state index in [9.17, 15) is 4.79 Å². The van der Waals surface area contributed by atoms with Crippen LogP contribution in [0.4, 0.5) is 0 Å². The SMILES string of the molecule is Cc1cccn2cc(CNC(=O)c3csc(CCN)n3)nc12.Cl.Cl. The summed E-state index contributed by atoms with van der Waals surface area (Å²) in [4.78, 5) is 20.9. The fraction of sp³-hybridized carbons (Fsp3) is 0.267. The predicted molar refractivity (Wildman–Crippen MR) is 100 cm³/mol. The first-order valence-electron chi connectivity index (χ1n) is 7.03. The van der Waals surface area contributed by atoms with Crippen LogP contribution in [0.25, 0.3) is 5.65 Å². The number of amides is 1. The van der Waals surface area contributed by atoms with Gasteiger partial charge in [-0.05, 0) is 25.1 Å². The van der Waals surface area contributed by atoms with Crippen LogP contribution in [0.1, 0.15) is 26.8 Å². The van der Waals surface area contributed by atoms with Crippen LogP contribution >= 0.6 is 36.2 Å². The lowest BCUT2D eigenvalue weighted by Gasteiger charge is -1.99. The molecule has 1 amide bonds. The minimum Gasteiger partial charge on any atom is -0.345 e. The molecule has 3 heterocycles. The van der Waals surface area contributed by atoms with Gasteiger partial charge in [-0.3, -0.25) is 4.79 Å². The predicted octanol–water partition coefficient (Wildman–Crippen LogP) is 2.37. The molecule has 3 aromatic heterocycles. The third-order valence-electron chi connectivity index (χ3n) is 3.30. The number of pyridine rings is 1. The maximum absolute atomic E-state index is 12.1. The molecule has 24 heavy (non-hydrogen) atoms. The normalized spacial score (nSPS) is 10.1. The molecule has 3 rings (SSSR count). The highest BCUT2D eigenvalue weighted by Crippen LogP contribution is 2.11. The van der Waals surface area contributed by atoms with E-state index in [0.717, 1.165) is 21.9 Å². The monoisotopic (exact) mass is 387 g/mol. The van der Waals surface area contributed by atoms with Crippen LogP contribution in [0.2, 0.25) is 0 Å². The summed E-state index contributed by atoms with van der Waals surface area (Å²) in [5, 5.41) is 5.49. The van der Waals surface area contributed by atoms with Gasteiger partial charge in [0, 0.05) is 24.2 Å². The lowest BCUT2D eigenvalue weighted by molar-refractivity contribution is 0.0946.